The Morgan fingerprint density at radius 3 is 2.80 bits per heavy atom. The molecule has 1 aromatic rings. The maximum Gasteiger partial charge on any atom is 0.319 e. The Kier molecular flexibility index (Phi) is 5.87. The average Bonchev–Trinajstić information content (AvgIpc) is 2.89. The van der Waals surface area contributed by atoms with E-state index in [1.54, 1.807) is 0 Å². The lowest BCUT2D eigenvalue weighted by atomic mass is 10.1. The van der Waals surface area contributed by atoms with Crippen molar-refractivity contribution in [2.45, 2.75) is 38.5 Å². The number of nitrogens with two attached hydrogens (primary N) is 1. The number of rotatable bonds is 7. The lowest BCUT2D eigenvalue weighted by molar-refractivity contribution is 0.00344. The van der Waals surface area contributed by atoms with E-state index in [9.17, 15) is 8.78 Å². The van der Waals surface area contributed by atoms with Gasteiger partial charge in [0.1, 0.15) is 5.82 Å². The molecule has 5 nitrogen and oxygen atoms in total. The van der Waals surface area contributed by atoms with Gasteiger partial charge in [-0.2, -0.15) is 8.78 Å². The molecule has 1 saturated heterocycles. The summed E-state index contributed by atoms with van der Waals surface area (Å²) < 4.78 is 32.1. The molecule has 114 valence electrons. The van der Waals surface area contributed by atoms with E-state index >= 15 is 0 Å². The Morgan fingerprint density at radius 2 is 2.15 bits per heavy atom. The smallest absolute Gasteiger partial charge is 0.319 e. The average molecular weight is 288 g/mol. The Morgan fingerprint density at radius 1 is 1.40 bits per heavy atom. The van der Waals surface area contributed by atoms with Crippen molar-refractivity contribution in [1.82, 2.24) is 14.5 Å². The number of aromatic nitrogens is 2. The SMILES string of the molecule is NCCCOC1CCN(Cc2nccn2C(F)F)CC1. The molecule has 2 rings (SSSR count). The van der Waals surface area contributed by atoms with Crippen molar-refractivity contribution in [3.8, 4) is 0 Å². The van der Waals surface area contributed by atoms with Crippen molar-refractivity contribution in [2.24, 2.45) is 5.73 Å². The van der Waals surface area contributed by atoms with E-state index in [0.29, 0.717) is 25.5 Å². The van der Waals surface area contributed by atoms with Crippen LogP contribution in [-0.4, -0.2) is 46.8 Å². The number of nitrogens with zero attached hydrogens (tertiary/aromatic N) is 3. The maximum absolute atomic E-state index is 12.7. The summed E-state index contributed by atoms with van der Waals surface area (Å²) in [5.74, 6) is 0.419. The summed E-state index contributed by atoms with van der Waals surface area (Å²) in [6.07, 6.45) is 5.76. The topological polar surface area (TPSA) is 56.3 Å². The van der Waals surface area contributed by atoms with Crippen LogP contribution in [0.3, 0.4) is 0 Å². The van der Waals surface area contributed by atoms with Crippen LogP contribution in [-0.2, 0) is 11.3 Å². The molecular formula is C13H22F2N4O. The second-order valence-corrected chi connectivity index (χ2v) is 5.02. The number of hydrogen-bond acceptors (Lipinski definition) is 4. The zero-order valence-electron chi connectivity index (χ0n) is 11.5. The van der Waals surface area contributed by atoms with Crippen LogP contribution in [0, 0.1) is 0 Å². The first-order valence-electron chi connectivity index (χ1n) is 7.04. The van der Waals surface area contributed by atoms with E-state index in [2.05, 4.69) is 9.88 Å². The van der Waals surface area contributed by atoms with Crippen LogP contribution in [0.1, 0.15) is 31.6 Å². The Balaban J connectivity index is 1.75. The zero-order valence-corrected chi connectivity index (χ0v) is 11.5. The number of halogens is 2. The molecule has 1 aliphatic rings. The second-order valence-electron chi connectivity index (χ2n) is 5.02. The molecule has 7 heteroatoms. The minimum atomic E-state index is -2.52. The van der Waals surface area contributed by atoms with Crippen LogP contribution in [0.15, 0.2) is 12.4 Å². The molecule has 0 atom stereocenters. The van der Waals surface area contributed by atoms with Gasteiger partial charge in [-0.25, -0.2) is 4.98 Å². The molecule has 0 aliphatic carbocycles. The Hall–Kier alpha value is -1.05. The molecule has 0 unspecified atom stereocenters. The normalized spacial score (nSPS) is 18.0. The number of ether oxygens (including phenoxy) is 1. The van der Waals surface area contributed by atoms with Gasteiger partial charge >= 0.3 is 6.55 Å². The summed E-state index contributed by atoms with van der Waals surface area (Å²) in [7, 11) is 0. The van der Waals surface area contributed by atoms with Crippen LogP contribution < -0.4 is 5.73 Å². The molecule has 1 aromatic heterocycles. The van der Waals surface area contributed by atoms with Crippen molar-refractivity contribution in [1.29, 1.82) is 0 Å². The fourth-order valence-corrected chi connectivity index (χ4v) is 2.41. The van der Waals surface area contributed by atoms with Gasteiger partial charge in [0.15, 0.2) is 0 Å². The highest BCUT2D eigenvalue weighted by Gasteiger charge is 2.21. The first-order chi connectivity index (χ1) is 9.70. The zero-order chi connectivity index (χ0) is 14.4. The Labute approximate surface area is 117 Å². The molecule has 0 spiro atoms. The number of alkyl halides is 2. The molecule has 0 saturated carbocycles. The van der Waals surface area contributed by atoms with E-state index in [-0.39, 0.29) is 6.10 Å². The van der Waals surface area contributed by atoms with Gasteiger partial charge in [0, 0.05) is 32.1 Å². The minimum absolute atomic E-state index is 0.271. The highest BCUT2D eigenvalue weighted by atomic mass is 19.3. The minimum Gasteiger partial charge on any atom is -0.378 e. The summed E-state index contributed by atoms with van der Waals surface area (Å²) in [5, 5.41) is 0. The van der Waals surface area contributed by atoms with Gasteiger partial charge in [0.05, 0.1) is 12.6 Å². The third-order valence-electron chi connectivity index (χ3n) is 3.56. The summed E-state index contributed by atoms with van der Waals surface area (Å²) in [5.41, 5.74) is 5.42. The molecule has 0 aromatic carbocycles. The molecule has 0 bridgehead atoms. The van der Waals surface area contributed by atoms with Gasteiger partial charge in [-0.05, 0) is 25.8 Å². The Bertz CT molecular complexity index is 391. The van der Waals surface area contributed by atoms with Gasteiger partial charge in [-0.3, -0.25) is 9.47 Å². The quantitative estimate of drug-likeness (QED) is 0.774. The highest BCUT2D eigenvalue weighted by Crippen LogP contribution is 2.18. The van der Waals surface area contributed by atoms with E-state index in [0.717, 1.165) is 36.9 Å². The third kappa shape index (κ3) is 4.22. The number of likely N-dealkylation sites (tertiary alicyclic amines) is 1. The summed E-state index contributed by atoms with van der Waals surface area (Å²) in [4.78, 5) is 6.15. The fraction of sp³-hybridized carbons (Fsp3) is 0.769. The molecule has 0 radical (unpaired) electrons. The van der Waals surface area contributed by atoms with E-state index in [4.69, 9.17) is 10.5 Å². The summed E-state index contributed by atoms with van der Waals surface area (Å²) in [6.45, 7) is 0.996. The summed E-state index contributed by atoms with van der Waals surface area (Å²) >= 11 is 0. The monoisotopic (exact) mass is 288 g/mol. The fourth-order valence-electron chi connectivity index (χ4n) is 2.41. The van der Waals surface area contributed by atoms with Crippen LogP contribution in [0.25, 0.3) is 0 Å². The number of hydrogen-bond donors (Lipinski definition) is 1. The predicted molar refractivity (Wildman–Crippen MR) is 71.4 cm³/mol. The number of imidazole rings is 1. The summed E-state index contributed by atoms with van der Waals surface area (Å²) in [6, 6.07) is 0. The van der Waals surface area contributed by atoms with Crippen molar-refractivity contribution >= 4 is 0 Å². The van der Waals surface area contributed by atoms with Crippen molar-refractivity contribution in [2.75, 3.05) is 26.2 Å². The molecule has 1 aliphatic heterocycles. The second kappa shape index (κ2) is 7.66. The van der Waals surface area contributed by atoms with Crippen molar-refractivity contribution in [3.63, 3.8) is 0 Å². The van der Waals surface area contributed by atoms with E-state index < -0.39 is 6.55 Å². The maximum atomic E-state index is 12.7. The van der Waals surface area contributed by atoms with Gasteiger partial charge in [-0.1, -0.05) is 0 Å². The van der Waals surface area contributed by atoms with E-state index in [1.807, 2.05) is 0 Å². The van der Waals surface area contributed by atoms with Crippen LogP contribution >= 0.6 is 0 Å². The van der Waals surface area contributed by atoms with Gasteiger partial charge in [-0.15, -0.1) is 0 Å². The van der Waals surface area contributed by atoms with Crippen LogP contribution in [0.4, 0.5) is 8.78 Å². The van der Waals surface area contributed by atoms with E-state index in [1.165, 1.54) is 12.4 Å². The van der Waals surface area contributed by atoms with Gasteiger partial charge in [0.2, 0.25) is 0 Å². The molecule has 20 heavy (non-hydrogen) atoms. The van der Waals surface area contributed by atoms with Crippen molar-refractivity contribution < 1.29 is 13.5 Å². The first kappa shape index (κ1) is 15.3. The van der Waals surface area contributed by atoms with Crippen LogP contribution in [0.2, 0.25) is 0 Å². The largest absolute Gasteiger partial charge is 0.378 e. The molecule has 1 fully saturated rings. The van der Waals surface area contributed by atoms with Gasteiger partial charge < -0.3 is 10.5 Å². The van der Waals surface area contributed by atoms with Crippen molar-refractivity contribution in [3.05, 3.63) is 18.2 Å². The van der Waals surface area contributed by atoms with Crippen LogP contribution in [0.5, 0.6) is 0 Å². The lowest BCUT2D eigenvalue weighted by Gasteiger charge is -2.31. The molecular weight excluding hydrogens is 266 g/mol. The molecule has 2 N–H and O–H groups in total. The predicted octanol–water partition coefficient (Wildman–Crippen LogP) is 1.61. The highest BCUT2D eigenvalue weighted by molar-refractivity contribution is 4.93. The first-order valence-corrected chi connectivity index (χ1v) is 7.04. The molecule has 2 heterocycles. The number of piperidine rings is 1. The lowest BCUT2D eigenvalue weighted by Crippen LogP contribution is -2.37. The standard InChI is InChI=1S/C13H22F2N4O/c14-13(15)19-8-5-17-12(19)10-18-6-2-11(3-7-18)20-9-1-4-16/h5,8,11,13H,1-4,6-7,9-10,16H2. The third-order valence-corrected chi connectivity index (χ3v) is 3.56. The van der Waals surface area contributed by atoms with Gasteiger partial charge in [0.25, 0.3) is 0 Å². The molecule has 0 amide bonds.